The Bertz CT molecular complexity index is 650. The number of ether oxygens (including phenoxy) is 1. The molecule has 112 valence electrons. The zero-order chi connectivity index (χ0) is 14.8. The summed E-state index contributed by atoms with van der Waals surface area (Å²) in [5.41, 5.74) is 1.94. The lowest BCUT2D eigenvalue weighted by Gasteiger charge is -2.33. The van der Waals surface area contributed by atoms with Gasteiger partial charge in [0.15, 0.2) is 0 Å². The summed E-state index contributed by atoms with van der Waals surface area (Å²) in [5, 5.41) is 4.04. The molecule has 5 nitrogen and oxygen atoms in total. The second kappa shape index (κ2) is 5.77. The van der Waals surface area contributed by atoms with Crippen LogP contribution >= 0.6 is 0 Å². The number of rotatable bonds is 2. The van der Waals surface area contributed by atoms with E-state index in [0.29, 0.717) is 26.3 Å². The molecule has 1 saturated heterocycles. The van der Waals surface area contributed by atoms with E-state index in [9.17, 15) is 4.79 Å². The molecule has 1 atom stereocenters. The van der Waals surface area contributed by atoms with Gasteiger partial charge in [0.2, 0.25) is 0 Å². The van der Waals surface area contributed by atoms with Crippen LogP contribution in [0.5, 0.6) is 0 Å². The molecule has 1 aromatic heterocycles. The molecule has 0 spiro atoms. The lowest BCUT2D eigenvalue weighted by atomic mass is 10.1. The van der Waals surface area contributed by atoms with Gasteiger partial charge in [-0.3, -0.25) is 0 Å². The number of morpholine rings is 1. The monoisotopic (exact) mass is 288 g/mol. The summed E-state index contributed by atoms with van der Waals surface area (Å²) in [4.78, 5) is 14.0. The number of carbonyl (C=O) groups excluding carboxylic acids is 1. The number of fused-ring (bicyclic) bond motifs is 1. The van der Waals surface area contributed by atoms with E-state index >= 15 is 0 Å². The number of nitrogens with one attached hydrogen (secondary N) is 1. The Morgan fingerprint density at radius 3 is 3.00 bits per heavy atom. The first-order valence-corrected chi connectivity index (χ1v) is 7.26. The second-order valence-electron chi connectivity index (χ2n) is 5.42. The molecule has 1 aromatic carbocycles. The Kier molecular flexibility index (Phi) is 3.84. The van der Waals surface area contributed by atoms with Gasteiger partial charge in [-0.2, -0.15) is 0 Å². The third-order valence-electron chi connectivity index (χ3n) is 3.97. The third kappa shape index (κ3) is 2.74. The van der Waals surface area contributed by atoms with Gasteiger partial charge in [0, 0.05) is 17.5 Å². The van der Waals surface area contributed by atoms with E-state index in [1.54, 1.807) is 0 Å². The van der Waals surface area contributed by atoms with E-state index in [2.05, 4.69) is 5.32 Å². The van der Waals surface area contributed by atoms with Crippen molar-refractivity contribution in [2.24, 2.45) is 0 Å². The van der Waals surface area contributed by atoms with E-state index in [1.807, 2.05) is 43.0 Å². The maximum absolute atomic E-state index is 12.2. The molecule has 5 heteroatoms. The molecule has 0 bridgehead atoms. The lowest BCUT2D eigenvalue weighted by molar-refractivity contribution is 0.0189. The van der Waals surface area contributed by atoms with Crippen LogP contribution < -0.4 is 5.32 Å². The smallest absolute Gasteiger partial charge is 0.318 e. The second-order valence-corrected chi connectivity index (χ2v) is 5.42. The first-order valence-electron chi connectivity index (χ1n) is 7.26. The van der Waals surface area contributed by atoms with Crippen molar-refractivity contribution >= 4 is 17.0 Å². The van der Waals surface area contributed by atoms with Crippen LogP contribution in [-0.2, 0) is 11.3 Å². The largest absolute Gasteiger partial charge is 0.459 e. The van der Waals surface area contributed by atoms with Crippen LogP contribution in [0.1, 0.15) is 18.2 Å². The fourth-order valence-electron chi connectivity index (χ4n) is 2.68. The van der Waals surface area contributed by atoms with Crippen LogP contribution in [0.15, 0.2) is 28.7 Å². The Hall–Kier alpha value is -2.01. The molecule has 1 unspecified atom stereocenters. The summed E-state index contributed by atoms with van der Waals surface area (Å²) >= 11 is 0. The summed E-state index contributed by atoms with van der Waals surface area (Å²) in [5.74, 6) is 0.811. The fraction of sp³-hybridized carbons (Fsp3) is 0.438. The highest BCUT2D eigenvalue weighted by Crippen LogP contribution is 2.24. The molecule has 2 aromatic rings. The van der Waals surface area contributed by atoms with Gasteiger partial charge in [-0.25, -0.2) is 4.79 Å². The number of hydrogen-bond acceptors (Lipinski definition) is 3. The summed E-state index contributed by atoms with van der Waals surface area (Å²) in [6, 6.07) is 7.95. The molecule has 1 aliphatic heterocycles. The molecule has 21 heavy (non-hydrogen) atoms. The minimum absolute atomic E-state index is 0.0642. The van der Waals surface area contributed by atoms with Gasteiger partial charge in [0.1, 0.15) is 11.3 Å². The van der Waals surface area contributed by atoms with Crippen molar-refractivity contribution < 1.29 is 13.9 Å². The Morgan fingerprint density at radius 1 is 1.43 bits per heavy atom. The van der Waals surface area contributed by atoms with E-state index in [1.165, 1.54) is 0 Å². The van der Waals surface area contributed by atoms with Gasteiger partial charge in [0.05, 0.1) is 25.8 Å². The van der Waals surface area contributed by atoms with Gasteiger partial charge in [-0.1, -0.05) is 18.2 Å². The van der Waals surface area contributed by atoms with Gasteiger partial charge in [-0.15, -0.1) is 0 Å². The predicted octanol–water partition coefficient (Wildman–Crippen LogP) is 2.67. The van der Waals surface area contributed by atoms with Crippen molar-refractivity contribution in [1.29, 1.82) is 0 Å². The zero-order valence-corrected chi connectivity index (χ0v) is 12.4. The molecule has 2 amide bonds. The summed E-state index contributed by atoms with van der Waals surface area (Å²) in [6.45, 7) is 6.24. The average molecular weight is 288 g/mol. The highest BCUT2D eigenvalue weighted by Gasteiger charge is 2.23. The molecule has 0 radical (unpaired) electrons. The van der Waals surface area contributed by atoms with E-state index in [-0.39, 0.29) is 12.1 Å². The Morgan fingerprint density at radius 2 is 2.24 bits per heavy atom. The van der Waals surface area contributed by atoms with Crippen LogP contribution in [0.2, 0.25) is 0 Å². The molecule has 1 fully saturated rings. The molecular formula is C16H20N2O3. The fourth-order valence-corrected chi connectivity index (χ4v) is 2.68. The predicted molar refractivity (Wildman–Crippen MR) is 80.2 cm³/mol. The van der Waals surface area contributed by atoms with Gasteiger partial charge < -0.3 is 19.4 Å². The summed E-state index contributed by atoms with van der Waals surface area (Å²) < 4.78 is 11.1. The minimum atomic E-state index is -0.0642. The van der Waals surface area contributed by atoms with Crippen molar-refractivity contribution in [2.75, 3.05) is 19.8 Å². The molecule has 2 heterocycles. The number of carbonyl (C=O) groups is 1. The molecule has 0 aliphatic carbocycles. The SMILES string of the molecule is Cc1c(CNC(=O)N2CCOCC2C)oc2ccccc12. The number of para-hydroxylation sites is 1. The van der Waals surface area contributed by atoms with Crippen LogP contribution in [0.3, 0.4) is 0 Å². The number of hydrogen-bond donors (Lipinski definition) is 1. The summed E-state index contributed by atoms with van der Waals surface area (Å²) in [6.07, 6.45) is 0. The van der Waals surface area contributed by atoms with Crippen molar-refractivity contribution in [3.05, 3.63) is 35.6 Å². The number of amides is 2. The lowest BCUT2D eigenvalue weighted by Crippen LogP contribution is -2.51. The zero-order valence-electron chi connectivity index (χ0n) is 12.4. The first-order chi connectivity index (χ1) is 10.2. The van der Waals surface area contributed by atoms with Crippen molar-refractivity contribution in [3.63, 3.8) is 0 Å². The summed E-state index contributed by atoms with van der Waals surface area (Å²) in [7, 11) is 0. The number of aryl methyl sites for hydroxylation is 1. The number of urea groups is 1. The maximum atomic E-state index is 12.2. The van der Waals surface area contributed by atoms with Gasteiger partial charge in [-0.05, 0) is 19.9 Å². The molecule has 0 saturated carbocycles. The highest BCUT2D eigenvalue weighted by atomic mass is 16.5. The maximum Gasteiger partial charge on any atom is 0.318 e. The van der Waals surface area contributed by atoms with Crippen LogP contribution in [0.25, 0.3) is 11.0 Å². The quantitative estimate of drug-likeness (QED) is 0.924. The highest BCUT2D eigenvalue weighted by molar-refractivity contribution is 5.82. The Balaban J connectivity index is 1.68. The van der Waals surface area contributed by atoms with Crippen LogP contribution in [0, 0.1) is 6.92 Å². The van der Waals surface area contributed by atoms with Crippen molar-refractivity contribution in [1.82, 2.24) is 10.2 Å². The van der Waals surface area contributed by atoms with Crippen molar-refractivity contribution in [3.8, 4) is 0 Å². The van der Waals surface area contributed by atoms with E-state index < -0.39 is 0 Å². The average Bonchev–Trinajstić information content (AvgIpc) is 2.82. The van der Waals surface area contributed by atoms with Gasteiger partial charge >= 0.3 is 6.03 Å². The molecular weight excluding hydrogens is 268 g/mol. The molecule has 1 aliphatic rings. The van der Waals surface area contributed by atoms with Crippen LogP contribution in [-0.4, -0.2) is 36.7 Å². The van der Waals surface area contributed by atoms with E-state index in [4.69, 9.17) is 9.15 Å². The normalized spacial score (nSPS) is 19.0. The Labute approximate surface area is 123 Å². The third-order valence-corrected chi connectivity index (χ3v) is 3.97. The first kappa shape index (κ1) is 13.9. The number of nitrogens with zero attached hydrogens (tertiary/aromatic N) is 1. The number of benzene rings is 1. The van der Waals surface area contributed by atoms with E-state index in [0.717, 1.165) is 22.3 Å². The molecule has 1 N–H and O–H groups in total. The minimum Gasteiger partial charge on any atom is -0.459 e. The van der Waals surface area contributed by atoms with Crippen molar-refractivity contribution in [2.45, 2.75) is 26.4 Å². The van der Waals surface area contributed by atoms with Gasteiger partial charge in [0.25, 0.3) is 0 Å². The van der Waals surface area contributed by atoms with Crippen LogP contribution in [0.4, 0.5) is 4.79 Å². The topological polar surface area (TPSA) is 54.7 Å². The molecule has 3 rings (SSSR count). The number of furan rings is 1. The standard InChI is InChI=1S/C16H20N2O3/c1-11-10-20-8-7-18(11)16(19)17-9-15-12(2)13-5-3-4-6-14(13)21-15/h3-6,11H,7-10H2,1-2H3,(H,17,19).